The van der Waals surface area contributed by atoms with Gasteiger partial charge in [-0.05, 0) is 32.6 Å². The van der Waals surface area contributed by atoms with Crippen molar-refractivity contribution in [2.45, 2.75) is 69.9 Å². The van der Waals surface area contributed by atoms with E-state index in [4.69, 9.17) is 9.84 Å². The Morgan fingerprint density at radius 3 is 2.50 bits per heavy atom. The van der Waals surface area contributed by atoms with Crippen molar-refractivity contribution in [3.63, 3.8) is 0 Å². The second-order valence-electron chi connectivity index (χ2n) is 6.13. The summed E-state index contributed by atoms with van der Waals surface area (Å²) in [5.74, 6) is 2.05. The van der Waals surface area contributed by atoms with E-state index < -0.39 is 6.10 Å². The molecule has 5 heteroatoms. The van der Waals surface area contributed by atoms with E-state index in [2.05, 4.69) is 4.98 Å². The van der Waals surface area contributed by atoms with Crippen LogP contribution in [0.4, 0.5) is 0 Å². The number of aliphatic hydroxyl groups excluding tert-OH is 1. The molecule has 1 aromatic heterocycles. The van der Waals surface area contributed by atoms with Crippen molar-refractivity contribution in [2.75, 3.05) is 13.2 Å². The first-order chi connectivity index (χ1) is 9.75. The Morgan fingerprint density at radius 1 is 1.15 bits per heavy atom. The molecule has 1 aliphatic carbocycles. The number of aliphatic hydroxyl groups is 1. The molecule has 3 rings (SSSR count). The predicted molar refractivity (Wildman–Crippen MR) is 75.6 cm³/mol. The number of ether oxygens (including phenoxy) is 1. The summed E-state index contributed by atoms with van der Waals surface area (Å²) in [5, 5.41) is 14.8. The Balaban J connectivity index is 1.85. The van der Waals surface area contributed by atoms with Gasteiger partial charge < -0.3 is 9.84 Å². The van der Waals surface area contributed by atoms with Crippen molar-refractivity contribution in [1.82, 2.24) is 14.8 Å². The quantitative estimate of drug-likeness (QED) is 0.924. The SMILES string of the molecule is C[C@@H](O)c1nc(C2CCOCC2)nn1C1CCCCC1. The smallest absolute Gasteiger partial charge is 0.156 e. The van der Waals surface area contributed by atoms with Crippen LogP contribution in [0, 0.1) is 0 Å². The van der Waals surface area contributed by atoms with Crippen LogP contribution >= 0.6 is 0 Å². The summed E-state index contributed by atoms with van der Waals surface area (Å²) in [7, 11) is 0. The first-order valence-corrected chi connectivity index (χ1v) is 7.98. The van der Waals surface area contributed by atoms with E-state index >= 15 is 0 Å². The van der Waals surface area contributed by atoms with Gasteiger partial charge in [0.2, 0.25) is 0 Å². The Labute approximate surface area is 120 Å². The Kier molecular flexibility index (Phi) is 4.36. The number of hydrogen-bond donors (Lipinski definition) is 1. The van der Waals surface area contributed by atoms with Gasteiger partial charge >= 0.3 is 0 Å². The third-order valence-corrected chi connectivity index (χ3v) is 4.55. The van der Waals surface area contributed by atoms with Gasteiger partial charge in [0.15, 0.2) is 11.6 Å². The molecule has 0 spiro atoms. The maximum Gasteiger partial charge on any atom is 0.156 e. The molecule has 2 heterocycles. The zero-order chi connectivity index (χ0) is 13.9. The molecule has 1 aromatic rings. The zero-order valence-electron chi connectivity index (χ0n) is 12.3. The summed E-state index contributed by atoms with van der Waals surface area (Å²) < 4.78 is 7.43. The van der Waals surface area contributed by atoms with Crippen molar-refractivity contribution in [1.29, 1.82) is 0 Å². The molecule has 2 aliphatic rings. The van der Waals surface area contributed by atoms with Gasteiger partial charge in [-0.2, -0.15) is 5.10 Å². The molecular formula is C15H25N3O2. The predicted octanol–water partition coefficient (Wildman–Crippen LogP) is 2.73. The van der Waals surface area contributed by atoms with E-state index in [1.807, 2.05) is 4.68 Å². The van der Waals surface area contributed by atoms with Crippen molar-refractivity contribution in [3.8, 4) is 0 Å². The summed E-state index contributed by atoms with van der Waals surface area (Å²) in [6, 6.07) is 0.425. The van der Waals surface area contributed by atoms with E-state index in [0.29, 0.717) is 12.0 Å². The molecule has 1 aliphatic heterocycles. The summed E-state index contributed by atoms with van der Waals surface area (Å²) in [4.78, 5) is 4.65. The lowest BCUT2D eigenvalue weighted by molar-refractivity contribution is 0.0834. The third kappa shape index (κ3) is 2.88. The van der Waals surface area contributed by atoms with Gasteiger partial charge in [-0.3, -0.25) is 0 Å². The number of aromatic nitrogens is 3. The van der Waals surface area contributed by atoms with Crippen LogP contribution in [0.2, 0.25) is 0 Å². The van der Waals surface area contributed by atoms with Crippen LogP contribution in [0.15, 0.2) is 0 Å². The summed E-state index contributed by atoms with van der Waals surface area (Å²) >= 11 is 0. The lowest BCUT2D eigenvalue weighted by atomic mass is 9.95. The molecule has 1 saturated heterocycles. The maximum absolute atomic E-state index is 10.00. The molecule has 1 saturated carbocycles. The normalized spacial score (nSPS) is 23.9. The Bertz CT molecular complexity index is 432. The fourth-order valence-corrected chi connectivity index (χ4v) is 3.36. The second-order valence-corrected chi connectivity index (χ2v) is 6.13. The van der Waals surface area contributed by atoms with Crippen molar-refractivity contribution in [2.24, 2.45) is 0 Å². The van der Waals surface area contributed by atoms with Crippen LogP contribution in [-0.4, -0.2) is 33.1 Å². The van der Waals surface area contributed by atoms with E-state index in [1.165, 1.54) is 19.3 Å². The average molecular weight is 279 g/mol. The number of nitrogens with zero attached hydrogens (tertiary/aromatic N) is 3. The largest absolute Gasteiger partial charge is 0.385 e. The summed E-state index contributed by atoms with van der Waals surface area (Å²) in [6.07, 6.45) is 7.61. The topological polar surface area (TPSA) is 60.2 Å². The van der Waals surface area contributed by atoms with Crippen LogP contribution in [0.5, 0.6) is 0 Å². The van der Waals surface area contributed by atoms with Crippen molar-refractivity contribution in [3.05, 3.63) is 11.6 Å². The molecule has 0 bridgehead atoms. The minimum atomic E-state index is -0.544. The number of hydrogen-bond acceptors (Lipinski definition) is 4. The average Bonchev–Trinajstić information content (AvgIpc) is 2.94. The van der Waals surface area contributed by atoms with Crippen LogP contribution < -0.4 is 0 Å². The molecular weight excluding hydrogens is 254 g/mol. The molecule has 0 unspecified atom stereocenters. The molecule has 1 N–H and O–H groups in total. The zero-order valence-corrected chi connectivity index (χ0v) is 12.3. The Hall–Kier alpha value is -0.940. The fraction of sp³-hybridized carbons (Fsp3) is 0.867. The Morgan fingerprint density at radius 2 is 1.85 bits per heavy atom. The summed E-state index contributed by atoms with van der Waals surface area (Å²) in [6.45, 7) is 3.39. The van der Waals surface area contributed by atoms with Gasteiger partial charge in [-0.25, -0.2) is 9.67 Å². The lowest BCUT2D eigenvalue weighted by Crippen LogP contribution is -2.18. The van der Waals surface area contributed by atoms with E-state index in [0.717, 1.165) is 50.5 Å². The fourth-order valence-electron chi connectivity index (χ4n) is 3.36. The highest BCUT2D eigenvalue weighted by Crippen LogP contribution is 2.32. The van der Waals surface area contributed by atoms with Gasteiger partial charge in [-0.1, -0.05) is 19.3 Å². The number of rotatable bonds is 3. The molecule has 20 heavy (non-hydrogen) atoms. The van der Waals surface area contributed by atoms with E-state index in [9.17, 15) is 5.11 Å². The van der Waals surface area contributed by atoms with Gasteiger partial charge in [0.1, 0.15) is 6.10 Å². The van der Waals surface area contributed by atoms with Crippen LogP contribution in [-0.2, 0) is 4.74 Å². The first kappa shape index (κ1) is 14.0. The second kappa shape index (κ2) is 6.22. The minimum Gasteiger partial charge on any atom is -0.385 e. The van der Waals surface area contributed by atoms with Gasteiger partial charge in [-0.15, -0.1) is 0 Å². The van der Waals surface area contributed by atoms with Crippen LogP contribution in [0.1, 0.15) is 81.6 Å². The monoisotopic (exact) mass is 279 g/mol. The lowest BCUT2D eigenvalue weighted by Gasteiger charge is -2.24. The molecule has 1 atom stereocenters. The van der Waals surface area contributed by atoms with Gasteiger partial charge in [0, 0.05) is 19.1 Å². The molecule has 0 radical (unpaired) electrons. The minimum absolute atomic E-state index is 0.395. The van der Waals surface area contributed by atoms with Gasteiger partial charge in [0.05, 0.1) is 6.04 Å². The summed E-state index contributed by atoms with van der Waals surface area (Å²) in [5.41, 5.74) is 0. The highest BCUT2D eigenvalue weighted by Gasteiger charge is 2.27. The molecule has 5 nitrogen and oxygen atoms in total. The highest BCUT2D eigenvalue weighted by molar-refractivity contribution is 5.03. The van der Waals surface area contributed by atoms with Crippen LogP contribution in [0.3, 0.4) is 0 Å². The standard InChI is InChI=1S/C15H25N3O2/c1-11(19)15-16-14(12-7-9-20-10-8-12)17-18(15)13-5-3-2-4-6-13/h11-13,19H,2-10H2,1H3/t11-/m1/s1. The molecule has 0 amide bonds. The molecule has 2 fully saturated rings. The van der Waals surface area contributed by atoms with E-state index in [-0.39, 0.29) is 0 Å². The van der Waals surface area contributed by atoms with Crippen molar-refractivity contribution >= 4 is 0 Å². The molecule has 0 aromatic carbocycles. The van der Waals surface area contributed by atoms with Gasteiger partial charge in [0.25, 0.3) is 0 Å². The molecule has 112 valence electrons. The third-order valence-electron chi connectivity index (χ3n) is 4.55. The van der Waals surface area contributed by atoms with Crippen molar-refractivity contribution < 1.29 is 9.84 Å². The first-order valence-electron chi connectivity index (χ1n) is 7.98. The highest BCUT2D eigenvalue weighted by atomic mass is 16.5. The van der Waals surface area contributed by atoms with E-state index in [1.54, 1.807) is 6.92 Å². The van der Waals surface area contributed by atoms with Crippen LogP contribution in [0.25, 0.3) is 0 Å². The maximum atomic E-state index is 10.00.